The molecule has 0 unspecified atom stereocenters. The van der Waals surface area contributed by atoms with E-state index in [0.29, 0.717) is 5.56 Å². The van der Waals surface area contributed by atoms with Crippen molar-refractivity contribution in [2.75, 3.05) is 5.32 Å². The van der Waals surface area contributed by atoms with Crippen LogP contribution in [0.1, 0.15) is 16.1 Å². The molecule has 20 heavy (non-hydrogen) atoms. The summed E-state index contributed by atoms with van der Waals surface area (Å²) in [5, 5.41) is 2.49. The van der Waals surface area contributed by atoms with E-state index in [4.69, 9.17) is 0 Å². The van der Waals surface area contributed by atoms with Gasteiger partial charge in [-0.05, 0) is 52.9 Å². The molecular weight excluding hydrogens is 384 g/mol. The van der Waals surface area contributed by atoms with Crippen molar-refractivity contribution in [3.63, 3.8) is 0 Å². The van der Waals surface area contributed by atoms with Gasteiger partial charge in [0.1, 0.15) is 5.69 Å². The molecule has 0 spiro atoms. The molecule has 1 aromatic carbocycles. The first kappa shape index (κ1) is 14.8. The Morgan fingerprint density at radius 2 is 1.95 bits per heavy atom. The SMILES string of the molecule is O=C(Nc1ccc(C(F)(F)F)nc1)c1cccc(I)c1. The number of carbonyl (C=O) groups is 1. The van der Waals surface area contributed by atoms with Crippen LogP contribution in [0.25, 0.3) is 0 Å². The molecule has 1 heterocycles. The van der Waals surface area contributed by atoms with E-state index >= 15 is 0 Å². The van der Waals surface area contributed by atoms with Crippen LogP contribution in [0.5, 0.6) is 0 Å². The number of aromatic nitrogens is 1. The largest absolute Gasteiger partial charge is 0.433 e. The predicted molar refractivity (Wildman–Crippen MR) is 76.4 cm³/mol. The van der Waals surface area contributed by atoms with Crippen molar-refractivity contribution in [2.24, 2.45) is 0 Å². The number of rotatable bonds is 2. The molecule has 1 N–H and O–H groups in total. The third-order valence-electron chi connectivity index (χ3n) is 2.40. The van der Waals surface area contributed by atoms with Gasteiger partial charge in [-0.3, -0.25) is 4.79 Å². The number of hydrogen-bond acceptors (Lipinski definition) is 2. The van der Waals surface area contributed by atoms with Crippen molar-refractivity contribution in [2.45, 2.75) is 6.18 Å². The van der Waals surface area contributed by atoms with E-state index < -0.39 is 17.8 Å². The Kier molecular flexibility index (Phi) is 4.26. The normalized spacial score (nSPS) is 11.2. The molecular formula is C13H8F3IN2O. The highest BCUT2D eigenvalue weighted by molar-refractivity contribution is 14.1. The van der Waals surface area contributed by atoms with E-state index in [1.54, 1.807) is 18.2 Å². The van der Waals surface area contributed by atoms with Crippen molar-refractivity contribution in [3.05, 3.63) is 57.4 Å². The average Bonchev–Trinajstić information content (AvgIpc) is 2.38. The Bertz CT molecular complexity index is 626. The van der Waals surface area contributed by atoms with E-state index in [1.165, 1.54) is 6.07 Å². The molecule has 7 heteroatoms. The number of pyridine rings is 1. The van der Waals surface area contributed by atoms with Gasteiger partial charge in [-0.1, -0.05) is 6.07 Å². The Morgan fingerprint density at radius 3 is 2.50 bits per heavy atom. The standard InChI is InChI=1S/C13H8F3IN2O/c14-13(15,16)11-5-4-10(7-18-11)19-12(20)8-2-1-3-9(17)6-8/h1-7H,(H,19,20). The van der Waals surface area contributed by atoms with Crippen LogP contribution in [-0.4, -0.2) is 10.9 Å². The molecule has 0 saturated heterocycles. The van der Waals surface area contributed by atoms with Gasteiger partial charge in [-0.2, -0.15) is 13.2 Å². The zero-order valence-electron chi connectivity index (χ0n) is 9.91. The number of halogens is 4. The molecule has 0 radical (unpaired) electrons. The lowest BCUT2D eigenvalue weighted by molar-refractivity contribution is -0.141. The molecule has 104 valence electrons. The minimum absolute atomic E-state index is 0.210. The van der Waals surface area contributed by atoms with Crippen molar-refractivity contribution in [1.29, 1.82) is 0 Å². The number of hydrogen-bond donors (Lipinski definition) is 1. The summed E-state index contributed by atoms with van der Waals surface area (Å²) in [5.74, 6) is -0.398. The van der Waals surface area contributed by atoms with Crippen molar-refractivity contribution < 1.29 is 18.0 Å². The second-order valence-electron chi connectivity index (χ2n) is 3.89. The molecule has 0 atom stereocenters. The Hall–Kier alpha value is -1.64. The lowest BCUT2D eigenvalue weighted by Gasteiger charge is -2.08. The van der Waals surface area contributed by atoms with Gasteiger partial charge in [0, 0.05) is 9.13 Å². The number of anilines is 1. The first-order valence-electron chi connectivity index (χ1n) is 5.46. The smallest absolute Gasteiger partial charge is 0.321 e. The van der Waals surface area contributed by atoms with Crippen LogP contribution in [0.2, 0.25) is 0 Å². The van der Waals surface area contributed by atoms with Gasteiger partial charge in [0.15, 0.2) is 0 Å². The van der Waals surface area contributed by atoms with Gasteiger partial charge in [0.05, 0.1) is 11.9 Å². The van der Waals surface area contributed by atoms with Crippen molar-refractivity contribution in [3.8, 4) is 0 Å². The molecule has 0 aliphatic heterocycles. The van der Waals surface area contributed by atoms with Crippen LogP contribution in [0.15, 0.2) is 42.6 Å². The summed E-state index contributed by atoms with van der Waals surface area (Å²) in [4.78, 5) is 15.2. The molecule has 0 saturated carbocycles. The highest BCUT2D eigenvalue weighted by atomic mass is 127. The van der Waals surface area contributed by atoms with Gasteiger partial charge in [0.25, 0.3) is 5.91 Å². The van der Waals surface area contributed by atoms with Gasteiger partial charge < -0.3 is 5.32 Å². The summed E-state index contributed by atoms with van der Waals surface area (Å²) in [6, 6.07) is 8.84. The average molecular weight is 392 g/mol. The summed E-state index contributed by atoms with van der Waals surface area (Å²) in [7, 11) is 0. The van der Waals surface area contributed by atoms with E-state index in [2.05, 4.69) is 32.9 Å². The first-order chi connectivity index (χ1) is 9.36. The molecule has 2 rings (SSSR count). The second kappa shape index (κ2) is 5.78. The molecule has 0 fully saturated rings. The Balaban J connectivity index is 2.12. The van der Waals surface area contributed by atoms with Crippen LogP contribution in [0.3, 0.4) is 0 Å². The predicted octanol–water partition coefficient (Wildman–Crippen LogP) is 3.96. The topological polar surface area (TPSA) is 42.0 Å². The lowest BCUT2D eigenvalue weighted by atomic mass is 10.2. The van der Waals surface area contributed by atoms with Crippen LogP contribution in [0, 0.1) is 3.57 Å². The fourth-order valence-electron chi connectivity index (χ4n) is 1.47. The number of nitrogens with zero attached hydrogens (tertiary/aromatic N) is 1. The summed E-state index contributed by atoms with van der Waals surface area (Å²) in [6.07, 6.45) is -3.51. The number of amides is 1. The number of carbonyl (C=O) groups excluding carboxylic acids is 1. The third kappa shape index (κ3) is 3.69. The van der Waals surface area contributed by atoms with Crippen molar-refractivity contribution >= 4 is 34.2 Å². The maximum Gasteiger partial charge on any atom is 0.433 e. The summed E-state index contributed by atoms with van der Waals surface area (Å²) in [5.41, 5.74) is -0.358. The number of alkyl halides is 3. The quantitative estimate of drug-likeness (QED) is 0.787. The summed E-state index contributed by atoms with van der Waals surface area (Å²) >= 11 is 2.07. The molecule has 2 aromatic rings. The highest BCUT2D eigenvalue weighted by Gasteiger charge is 2.32. The maximum atomic E-state index is 12.3. The van der Waals surface area contributed by atoms with Crippen molar-refractivity contribution in [1.82, 2.24) is 4.98 Å². The molecule has 0 aliphatic carbocycles. The van der Waals surface area contributed by atoms with Gasteiger partial charge in [-0.25, -0.2) is 4.98 Å². The Morgan fingerprint density at radius 1 is 1.20 bits per heavy atom. The molecule has 1 amide bonds. The molecule has 3 nitrogen and oxygen atoms in total. The zero-order valence-corrected chi connectivity index (χ0v) is 12.1. The molecule has 0 bridgehead atoms. The maximum absolute atomic E-state index is 12.3. The highest BCUT2D eigenvalue weighted by Crippen LogP contribution is 2.27. The second-order valence-corrected chi connectivity index (χ2v) is 5.14. The van der Waals surface area contributed by atoms with Crippen LogP contribution < -0.4 is 5.32 Å². The molecule has 1 aromatic heterocycles. The fraction of sp³-hybridized carbons (Fsp3) is 0.0769. The van der Waals surface area contributed by atoms with Gasteiger partial charge in [0.2, 0.25) is 0 Å². The molecule has 0 aliphatic rings. The number of benzene rings is 1. The van der Waals surface area contributed by atoms with Crippen LogP contribution in [-0.2, 0) is 6.18 Å². The third-order valence-corrected chi connectivity index (χ3v) is 3.07. The summed E-state index contributed by atoms with van der Waals surface area (Å²) < 4.78 is 37.9. The first-order valence-corrected chi connectivity index (χ1v) is 6.54. The van der Waals surface area contributed by atoms with E-state index in [1.807, 2.05) is 6.07 Å². The van der Waals surface area contributed by atoms with E-state index in [0.717, 1.165) is 15.8 Å². The minimum Gasteiger partial charge on any atom is -0.321 e. The van der Waals surface area contributed by atoms with Crippen LogP contribution in [0.4, 0.5) is 18.9 Å². The number of nitrogens with one attached hydrogen (secondary N) is 1. The van der Waals surface area contributed by atoms with Gasteiger partial charge >= 0.3 is 6.18 Å². The monoisotopic (exact) mass is 392 g/mol. The van der Waals surface area contributed by atoms with E-state index in [-0.39, 0.29) is 5.69 Å². The van der Waals surface area contributed by atoms with Gasteiger partial charge in [-0.15, -0.1) is 0 Å². The minimum atomic E-state index is -4.49. The summed E-state index contributed by atoms with van der Waals surface area (Å²) in [6.45, 7) is 0. The Labute approximate surface area is 126 Å². The zero-order chi connectivity index (χ0) is 14.8. The van der Waals surface area contributed by atoms with E-state index in [9.17, 15) is 18.0 Å². The fourth-order valence-corrected chi connectivity index (χ4v) is 2.01. The lowest BCUT2D eigenvalue weighted by Crippen LogP contribution is -2.13. The van der Waals surface area contributed by atoms with Crippen LogP contribution >= 0.6 is 22.6 Å².